The molecule has 1 aromatic rings. The van der Waals surface area contributed by atoms with Crippen LogP contribution in [0.3, 0.4) is 0 Å². The van der Waals surface area contributed by atoms with Gasteiger partial charge in [-0.25, -0.2) is 0 Å². The van der Waals surface area contributed by atoms with Crippen molar-refractivity contribution < 1.29 is 18.4 Å². The van der Waals surface area contributed by atoms with Gasteiger partial charge in [-0.1, -0.05) is 24.3 Å². The number of benzene rings is 1. The Morgan fingerprint density at radius 1 is 1.33 bits per heavy atom. The molecular weight excluding hydrogens is 207 g/mol. The van der Waals surface area contributed by atoms with E-state index in [2.05, 4.69) is 0 Å². The van der Waals surface area contributed by atoms with E-state index >= 15 is 0 Å². The molecule has 0 heterocycles. The van der Waals surface area contributed by atoms with Gasteiger partial charge in [0.15, 0.2) is 0 Å². The van der Waals surface area contributed by atoms with Crippen molar-refractivity contribution in [2.45, 2.75) is 13.1 Å². The summed E-state index contributed by atoms with van der Waals surface area (Å²) in [6, 6.07) is 3.68. The number of allylic oxidation sites excluding steroid dienone is 1. The molecule has 0 bridgehead atoms. The molecule has 82 valence electrons. The molecule has 0 aromatic heterocycles. The minimum Gasteiger partial charge on any atom is -0.291 e. The Hall–Kier alpha value is -1.49. The van der Waals surface area contributed by atoms with Crippen molar-refractivity contribution in [3.8, 4) is 0 Å². The minimum absolute atomic E-state index is 0.287. The quantitative estimate of drug-likeness (QED) is 0.742. The van der Waals surface area contributed by atoms with Crippen LogP contribution in [0.25, 0.3) is 6.08 Å². The van der Waals surface area contributed by atoms with Gasteiger partial charge in [-0.15, -0.1) is 0 Å². The zero-order valence-corrected chi connectivity index (χ0v) is 7.97. The molecule has 2 N–H and O–H groups in total. The highest BCUT2D eigenvalue weighted by molar-refractivity contribution is 5.69. The zero-order valence-electron chi connectivity index (χ0n) is 7.97. The van der Waals surface area contributed by atoms with Gasteiger partial charge < -0.3 is 0 Å². The van der Waals surface area contributed by atoms with E-state index in [1.807, 2.05) is 0 Å². The van der Waals surface area contributed by atoms with Crippen LogP contribution in [0.2, 0.25) is 0 Å². The third-order valence-electron chi connectivity index (χ3n) is 1.86. The molecule has 1 rings (SSSR count). The lowest BCUT2D eigenvalue weighted by atomic mass is 10.1. The van der Waals surface area contributed by atoms with Crippen molar-refractivity contribution in [1.82, 2.24) is 0 Å². The number of hydrogen-bond donors (Lipinski definition) is 2. The van der Waals surface area contributed by atoms with E-state index in [1.54, 1.807) is 18.5 Å². The van der Waals surface area contributed by atoms with E-state index in [4.69, 9.17) is 5.21 Å². The number of alkyl halides is 3. The summed E-state index contributed by atoms with van der Waals surface area (Å²) in [5.74, 6) is 0. The number of rotatable bonds is 2. The Labute approximate surface area is 85.0 Å². The summed E-state index contributed by atoms with van der Waals surface area (Å²) in [6.07, 6.45) is -1.41. The molecule has 0 amide bonds. The van der Waals surface area contributed by atoms with Crippen LogP contribution in [0.5, 0.6) is 0 Å². The zero-order chi connectivity index (χ0) is 11.5. The first-order valence-corrected chi connectivity index (χ1v) is 4.23. The summed E-state index contributed by atoms with van der Waals surface area (Å²) in [5, 5.41) is 8.71. The second-order valence-corrected chi connectivity index (χ2v) is 2.88. The van der Waals surface area contributed by atoms with Crippen molar-refractivity contribution in [2.75, 3.05) is 5.48 Å². The van der Waals surface area contributed by atoms with Gasteiger partial charge in [-0.2, -0.15) is 13.2 Å². The third kappa shape index (κ3) is 2.50. The number of halogens is 3. The molecule has 2 nitrogen and oxygen atoms in total. The van der Waals surface area contributed by atoms with Gasteiger partial charge in [0.25, 0.3) is 0 Å². The van der Waals surface area contributed by atoms with Gasteiger partial charge in [0.1, 0.15) is 0 Å². The molecule has 0 spiro atoms. The molecule has 5 heteroatoms. The maximum atomic E-state index is 12.5. The molecule has 0 radical (unpaired) electrons. The Kier molecular flexibility index (Phi) is 3.36. The monoisotopic (exact) mass is 217 g/mol. The lowest BCUT2D eigenvalue weighted by Gasteiger charge is -2.13. The van der Waals surface area contributed by atoms with E-state index in [0.29, 0.717) is 0 Å². The van der Waals surface area contributed by atoms with E-state index in [1.165, 1.54) is 18.2 Å². The molecule has 0 aliphatic rings. The molecule has 0 atom stereocenters. The van der Waals surface area contributed by atoms with Crippen LogP contribution >= 0.6 is 0 Å². The highest BCUT2D eigenvalue weighted by atomic mass is 19.4. The second kappa shape index (κ2) is 4.35. The minimum atomic E-state index is -4.48. The van der Waals surface area contributed by atoms with E-state index in [9.17, 15) is 13.2 Å². The SMILES string of the molecule is CC=Cc1cccc(C(F)(F)F)c1NO. The van der Waals surface area contributed by atoms with Crippen LogP contribution < -0.4 is 5.48 Å². The van der Waals surface area contributed by atoms with Crippen molar-refractivity contribution in [3.63, 3.8) is 0 Å². The first kappa shape index (κ1) is 11.6. The fourth-order valence-electron chi connectivity index (χ4n) is 1.25. The second-order valence-electron chi connectivity index (χ2n) is 2.88. The Morgan fingerprint density at radius 3 is 2.47 bits per heavy atom. The smallest absolute Gasteiger partial charge is 0.291 e. The first-order valence-electron chi connectivity index (χ1n) is 4.23. The summed E-state index contributed by atoms with van der Waals surface area (Å²) < 4.78 is 37.4. The number of anilines is 1. The van der Waals surface area contributed by atoms with Crippen LogP contribution in [0, 0.1) is 0 Å². The van der Waals surface area contributed by atoms with Gasteiger partial charge in [-0.3, -0.25) is 10.7 Å². The molecule has 0 saturated heterocycles. The predicted octanol–water partition coefficient (Wildman–Crippen LogP) is 3.54. The maximum Gasteiger partial charge on any atom is 0.418 e. The van der Waals surface area contributed by atoms with Crippen LogP contribution in [0.4, 0.5) is 18.9 Å². The number of nitrogens with one attached hydrogen (secondary N) is 1. The van der Waals surface area contributed by atoms with Crippen LogP contribution in [-0.2, 0) is 6.18 Å². The van der Waals surface area contributed by atoms with E-state index in [0.717, 1.165) is 6.07 Å². The normalized spacial score (nSPS) is 12.1. The molecule has 1 aromatic carbocycles. The van der Waals surface area contributed by atoms with Gasteiger partial charge in [0.05, 0.1) is 11.3 Å². The lowest BCUT2D eigenvalue weighted by Crippen LogP contribution is -2.10. The molecule has 0 fully saturated rings. The van der Waals surface area contributed by atoms with Crippen molar-refractivity contribution in [1.29, 1.82) is 0 Å². The predicted molar refractivity (Wildman–Crippen MR) is 51.6 cm³/mol. The number of hydrogen-bond acceptors (Lipinski definition) is 2. The summed E-state index contributed by atoms with van der Waals surface area (Å²) in [6.45, 7) is 1.68. The van der Waals surface area contributed by atoms with Crippen molar-refractivity contribution in [3.05, 3.63) is 35.4 Å². The van der Waals surface area contributed by atoms with Gasteiger partial charge in [0, 0.05) is 5.56 Å². The van der Waals surface area contributed by atoms with Gasteiger partial charge in [-0.05, 0) is 13.0 Å². The average molecular weight is 217 g/mol. The van der Waals surface area contributed by atoms with Crippen LogP contribution in [-0.4, -0.2) is 5.21 Å². The van der Waals surface area contributed by atoms with E-state index < -0.39 is 11.7 Å². The van der Waals surface area contributed by atoms with Gasteiger partial charge >= 0.3 is 6.18 Å². The Morgan fingerprint density at radius 2 is 2.00 bits per heavy atom. The summed E-state index contributed by atoms with van der Waals surface area (Å²) in [5.41, 5.74) is 0.652. The fourth-order valence-corrected chi connectivity index (χ4v) is 1.25. The largest absolute Gasteiger partial charge is 0.418 e. The van der Waals surface area contributed by atoms with Crippen LogP contribution in [0.15, 0.2) is 24.3 Å². The standard InChI is InChI=1S/C10H10F3NO/c1-2-4-7-5-3-6-8(9(7)14-15)10(11,12)13/h2-6,14-15H,1H3. The van der Waals surface area contributed by atoms with Crippen molar-refractivity contribution >= 4 is 11.8 Å². The average Bonchev–Trinajstić information content (AvgIpc) is 2.16. The maximum absolute atomic E-state index is 12.5. The summed E-state index contributed by atoms with van der Waals surface area (Å²) in [4.78, 5) is 0. The van der Waals surface area contributed by atoms with Crippen molar-refractivity contribution in [2.24, 2.45) is 0 Å². The molecule has 0 aliphatic heterocycles. The molecule has 0 saturated carbocycles. The fraction of sp³-hybridized carbons (Fsp3) is 0.200. The molecule has 0 aliphatic carbocycles. The highest BCUT2D eigenvalue weighted by Crippen LogP contribution is 2.36. The molecule has 15 heavy (non-hydrogen) atoms. The Balaban J connectivity index is 3.35. The lowest BCUT2D eigenvalue weighted by molar-refractivity contribution is -0.137. The summed E-state index contributed by atoms with van der Waals surface area (Å²) >= 11 is 0. The summed E-state index contributed by atoms with van der Waals surface area (Å²) in [7, 11) is 0. The third-order valence-corrected chi connectivity index (χ3v) is 1.86. The van der Waals surface area contributed by atoms with Gasteiger partial charge in [0.2, 0.25) is 0 Å². The first-order chi connectivity index (χ1) is 7.00. The molecule has 0 unspecified atom stereocenters. The van der Waals surface area contributed by atoms with Crippen LogP contribution in [0.1, 0.15) is 18.1 Å². The topological polar surface area (TPSA) is 32.3 Å². The highest BCUT2D eigenvalue weighted by Gasteiger charge is 2.34. The number of para-hydroxylation sites is 1. The molecular formula is C10H10F3NO. The Bertz CT molecular complexity index is 371. The van der Waals surface area contributed by atoms with E-state index in [-0.39, 0.29) is 11.3 Å².